The second-order valence-corrected chi connectivity index (χ2v) is 4.49. The lowest BCUT2D eigenvalue weighted by molar-refractivity contribution is 0.405. The molecule has 0 bridgehead atoms. The average Bonchev–Trinajstić information content (AvgIpc) is 2.20. The molecule has 0 saturated carbocycles. The monoisotopic (exact) mass is 230 g/mol. The summed E-state index contributed by atoms with van der Waals surface area (Å²) in [4.78, 5) is 17.5. The van der Waals surface area contributed by atoms with Crippen molar-refractivity contribution in [2.24, 2.45) is 11.1 Å². The van der Waals surface area contributed by atoms with Crippen molar-refractivity contribution in [2.75, 3.05) is 18.4 Å². The van der Waals surface area contributed by atoms with Crippen molar-refractivity contribution in [3.05, 3.63) is 21.7 Å². The lowest BCUT2D eigenvalue weighted by atomic mass is 9.94. The molecule has 1 heterocycles. The van der Waals surface area contributed by atoms with Gasteiger partial charge in [0, 0.05) is 6.54 Å². The molecule has 0 aliphatic rings. The van der Waals surface area contributed by atoms with Crippen molar-refractivity contribution in [2.45, 2.75) is 13.8 Å². The van der Waals surface area contributed by atoms with Crippen molar-refractivity contribution in [3.8, 4) is 0 Å². The summed E-state index contributed by atoms with van der Waals surface area (Å²) >= 11 is 5.77. The average molecular weight is 231 g/mol. The summed E-state index contributed by atoms with van der Waals surface area (Å²) in [5.74, 6) is 0.391. The lowest BCUT2D eigenvalue weighted by Gasteiger charge is -2.22. The van der Waals surface area contributed by atoms with Crippen LogP contribution in [0.1, 0.15) is 13.8 Å². The number of halogens is 1. The van der Waals surface area contributed by atoms with Crippen LogP contribution in [0.5, 0.6) is 0 Å². The van der Waals surface area contributed by atoms with Gasteiger partial charge in [-0.1, -0.05) is 25.4 Å². The zero-order valence-corrected chi connectivity index (χ0v) is 9.56. The summed E-state index contributed by atoms with van der Waals surface area (Å²) in [6.07, 6.45) is 1.31. The highest BCUT2D eigenvalue weighted by Gasteiger charge is 2.16. The molecule has 1 rings (SSSR count). The minimum Gasteiger partial charge on any atom is -0.368 e. The van der Waals surface area contributed by atoms with Gasteiger partial charge in [0.1, 0.15) is 5.02 Å². The Morgan fingerprint density at radius 1 is 1.67 bits per heavy atom. The number of aromatic amines is 1. The van der Waals surface area contributed by atoms with Crippen molar-refractivity contribution in [1.29, 1.82) is 0 Å². The first kappa shape index (κ1) is 12.0. The Hall–Kier alpha value is -1.07. The third-order valence-corrected chi connectivity index (χ3v) is 2.43. The van der Waals surface area contributed by atoms with Gasteiger partial charge >= 0.3 is 0 Å². The summed E-state index contributed by atoms with van der Waals surface area (Å²) < 4.78 is 0. The number of H-pyrrole nitrogens is 1. The highest BCUT2D eigenvalue weighted by Crippen LogP contribution is 2.17. The van der Waals surface area contributed by atoms with Crippen LogP contribution in [0.4, 0.5) is 5.82 Å². The van der Waals surface area contributed by atoms with Crippen LogP contribution >= 0.6 is 11.6 Å². The van der Waals surface area contributed by atoms with E-state index in [0.717, 1.165) is 0 Å². The van der Waals surface area contributed by atoms with Crippen LogP contribution < -0.4 is 16.6 Å². The number of nitrogens with two attached hydrogens (primary N) is 1. The van der Waals surface area contributed by atoms with Gasteiger partial charge in [-0.05, 0) is 12.0 Å². The zero-order chi connectivity index (χ0) is 11.5. The molecule has 0 aliphatic heterocycles. The van der Waals surface area contributed by atoms with Crippen molar-refractivity contribution >= 4 is 17.4 Å². The number of rotatable bonds is 4. The quantitative estimate of drug-likeness (QED) is 0.715. The van der Waals surface area contributed by atoms with Gasteiger partial charge in [0.15, 0.2) is 5.82 Å². The predicted molar refractivity (Wildman–Crippen MR) is 61.2 cm³/mol. The van der Waals surface area contributed by atoms with Gasteiger partial charge in [-0.3, -0.25) is 4.79 Å². The topological polar surface area (TPSA) is 83.8 Å². The standard InChI is InChI=1S/C9H15ClN4O/c1-9(2,3-11)4-12-7-6(10)8(15)14-5-13-7/h5H,3-4,11H2,1-2H3,(H2,12,13,14,15). The van der Waals surface area contributed by atoms with E-state index < -0.39 is 0 Å². The largest absolute Gasteiger partial charge is 0.368 e. The fraction of sp³-hybridized carbons (Fsp3) is 0.556. The Morgan fingerprint density at radius 3 is 2.93 bits per heavy atom. The minimum absolute atomic E-state index is 0.0619. The van der Waals surface area contributed by atoms with Gasteiger partial charge in [-0.2, -0.15) is 0 Å². The maximum atomic E-state index is 11.1. The summed E-state index contributed by atoms with van der Waals surface area (Å²) in [5.41, 5.74) is 5.17. The third kappa shape index (κ3) is 3.21. The Kier molecular flexibility index (Phi) is 3.71. The lowest BCUT2D eigenvalue weighted by Crippen LogP contribution is -2.31. The van der Waals surface area contributed by atoms with Gasteiger partial charge in [0.2, 0.25) is 0 Å². The molecular weight excluding hydrogens is 216 g/mol. The molecule has 5 nitrogen and oxygen atoms in total. The normalized spacial score (nSPS) is 11.5. The highest BCUT2D eigenvalue weighted by atomic mass is 35.5. The van der Waals surface area contributed by atoms with E-state index in [4.69, 9.17) is 17.3 Å². The Labute approximate surface area is 93.0 Å². The molecule has 0 spiro atoms. The highest BCUT2D eigenvalue weighted by molar-refractivity contribution is 6.32. The SMILES string of the molecule is CC(C)(CN)CNc1nc[nH]c(=O)c1Cl. The van der Waals surface area contributed by atoms with E-state index in [9.17, 15) is 4.79 Å². The summed E-state index contributed by atoms with van der Waals surface area (Å²) in [5, 5.41) is 3.08. The number of hydrogen-bond acceptors (Lipinski definition) is 4. The van der Waals surface area contributed by atoms with E-state index in [1.54, 1.807) is 0 Å². The summed E-state index contributed by atoms with van der Waals surface area (Å²) in [6, 6.07) is 0. The van der Waals surface area contributed by atoms with Gasteiger partial charge in [0.25, 0.3) is 5.56 Å². The minimum atomic E-state index is -0.347. The first-order chi connectivity index (χ1) is 6.96. The molecule has 15 heavy (non-hydrogen) atoms. The molecule has 0 atom stereocenters. The van der Waals surface area contributed by atoms with Gasteiger partial charge < -0.3 is 16.0 Å². The van der Waals surface area contributed by atoms with Crippen molar-refractivity contribution in [3.63, 3.8) is 0 Å². The van der Waals surface area contributed by atoms with E-state index in [-0.39, 0.29) is 16.0 Å². The maximum absolute atomic E-state index is 11.1. The molecule has 0 radical (unpaired) electrons. The number of anilines is 1. The first-order valence-electron chi connectivity index (χ1n) is 4.63. The Balaban J connectivity index is 2.74. The Morgan fingerprint density at radius 2 is 2.33 bits per heavy atom. The van der Waals surface area contributed by atoms with E-state index in [1.807, 2.05) is 13.8 Å². The van der Waals surface area contributed by atoms with Crippen LogP contribution in [0.15, 0.2) is 11.1 Å². The summed E-state index contributed by atoms with van der Waals surface area (Å²) in [7, 11) is 0. The molecular formula is C9H15ClN4O. The number of aromatic nitrogens is 2. The van der Waals surface area contributed by atoms with Crippen LogP contribution in [0.2, 0.25) is 5.02 Å². The zero-order valence-electron chi connectivity index (χ0n) is 8.80. The van der Waals surface area contributed by atoms with Gasteiger partial charge in [0.05, 0.1) is 6.33 Å². The molecule has 0 fully saturated rings. The Bertz CT molecular complexity index is 388. The molecule has 0 amide bonds. The van der Waals surface area contributed by atoms with Crippen LogP contribution in [0, 0.1) is 5.41 Å². The first-order valence-corrected chi connectivity index (χ1v) is 5.01. The molecule has 6 heteroatoms. The van der Waals surface area contributed by atoms with Crippen molar-refractivity contribution in [1.82, 2.24) is 9.97 Å². The number of nitrogens with zero attached hydrogens (tertiary/aromatic N) is 1. The third-order valence-electron chi connectivity index (χ3n) is 2.08. The molecule has 0 aromatic carbocycles. The smallest absolute Gasteiger partial charge is 0.271 e. The van der Waals surface area contributed by atoms with Crippen LogP contribution in [-0.2, 0) is 0 Å². The molecule has 0 aliphatic carbocycles. The maximum Gasteiger partial charge on any atom is 0.271 e. The second kappa shape index (κ2) is 4.63. The van der Waals surface area contributed by atoms with E-state index in [0.29, 0.717) is 18.9 Å². The fourth-order valence-corrected chi connectivity index (χ4v) is 1.07. The molecule has 0 saturated heterocycles. The predicted octanol–water partition coefficient (Wildman–Crippen LogP) is 0.820. The van der Waals surface area contributed by atoms with E-state index in [1.165, 1.54) is 6.33 Å². The van der Waals surface area contributed by atoms with E-state index >= 15 is 0 Å². The number of hydrogen-bond donors (Lipinski definition) is 3. The number of nitrogens with one attached hydrogen (secondary N) is 2. The molecule has 84 valence electrons. The van der Waals surface area contributed by atoms with Crippen molar-refractivity contribution < 1.29 is 0 Å². The summed E-state index contributed by atoms with van der Waals surface area (Å²) in [6.45, 7) is 5.18. The fourth-order valence-electron chi connectivity index (χ4n) is 0.901. The van der Waals surface area contributed by atoms with Crippen LogP contribution in [0.3, 0.4) is 0 Å². The second-order valence-electron chi connectivity index (χ2n) is 4.12. The molecule has 1 aromatic rings. The van der Waals surface area contributed by atoms with Gasteiger partial charge in [-0.25, -0.2) is 4.98 Å². The van der Waals surface area contributed by atoms with E-state index in [2.05, 4.69) is 15.3 Å². The van der Waals surface area contributed by atoms with Crippen LogP contribution in [0.25, 0.3) is 0 Å². The molecule has 0 unspecified atom stereocenters. The van der Waals surface area contributed by atoms with Crippen LogP contribution in [-0.4, -0.2) is 23.1 Å². The molecule has 1 aromatic heterocycles. The van der Waals surface area contributed by atoms with Gasteiger partial charge in [-0.15, -0.1) is 0 Å². The molecule has 4 N–H and O–H groups in total.